The van der Waals surface area contributed by atoms with Crippen LogP contribution in [-0.2, 0) is 4.74 Å². The fourth-order valence-corrected chi connectivity index (χ4v) is 3.16. The molecular weight excluding hydrogens is 376 g/mol. The molecule has 1 aromatic heterocycles. The number of fused-ring (bicyclic) bond motifs is 1. The van der Waals surface area contributed by atoms with Gasteiger partial charge in [-0.1, -0.05) is 37.4 Å². The second-order valence-corrected chi connectivity index (χ2v) is 7.50. The predicted molar refractivity (Wildman–Crippen MR) is 118 cm³/mol. The summed E-state index contributed by atoms with van der Waals surface area (Å²) in [5, 5.41) is 1.01. The van der Waals surface area contributed by atoms with Crippen molar-refractivity contribution in [2.45, 2.75) is 34.1 Å². The predicted octanol–water partition coefficient (Wildman–Crippen LogP) is 4.73. The Morgan fingerprint density at radius 1 is 1.29 bits per heavy atom. The van der Waals surface area contributed by atoms with Crippen LogP contribution in [0.3, 0.4) is 0 Å². The number of pyridine rings is 1. The van der Waals surface area contributed by atoms with Crippen molar-refractivity contribution in [2.24, 2.45) is 0 Å². The molecule has 0 saturated carbocycles. The van der Waals surface area contributed by atoms with Crippen molar-refractivity contribution < 1.29 is 9.47 Å². The van der Waals surface area contributed by atoms with Gasteiger partial charge in [0.1, 0.15) is 17.4 Å². The number of aromatic amines is 1. The minimum atomic E-state index is -0.0528. The van der Waals surface area contributed by atoms with Gasteiger partial charge >= 0.3 is 0 Å². The summed E-state index contributed by atoms with van der Waals surface area (Å²) in [6, 6.07) is 5.11. The topological polar surface area (TPSA) is 54.6 Å². The van der Waals surface area contributed by atoms with Gasteiger partial charge in [-0.2, -0.15) is 0 Å². The van der Waals surface area contributed by atoms with Crippen LogP contribution in [0, 0.1) is 0 Å². The number of nitrogens with one attached hydrogen (secondary N) is 1. The van der Waals surface area contributed by atoms with E-state index in [2.05, 4.69) is 23.7 Å². The number of hydrogen-bond acceptors (Lipinski definition) is 4. The molecule has 5 nitrogen and oxygen atoms in total. The minimum Gasteiger partial charge on any atom is -0.491 e. The summed E-state index contributed by atoms with van der Waals surface area (Å²) in [5.41, 5.74) is 2.41. The molecular formula is C22H31ClN2O3. The Balaban J connectivity index is 0.000000878. The van der Waals surface area contributed by atoms with Gasteiger partial charge < -0.3 is 14.5 Å². The fraction of sp³-hybridized carbons (Fsp3) is 0.500. The number of H-pyrrole nitrogens is 1. The standard InChI is InChI=1S/C19H23ClN2O3.C3H8/c1-13(2)11-14-12-16(23)15-3-4-17(18(20)19(15)21-14)25-10-7-22-5-8-24-9-6-22;1-3-2/h3-4,11-12H,5-10H2,1-2H3,(H,21,23);3H2,1-2H3. The van der Waals surface area contributed by atoms with Gasteiger partial charge in [0, 0.05) is 36.8 Å². The molecule has 0 spiro atoms. The number of morpholine rings is 1. The van der Waals surface area contributed by atoms with Gasteiger partial charge in [0.25, 0.3) is 0 Å². The highest BCUT2D eigenvalue weighted by atomic mass is 35.5. The smallest absolute Gasteiger partial charge is 0.190 e. The molecule has 1 aliphatic heterocycles. The monoisotopic (exact) mass is 406 g/mol. The van der Waals surface area contributed by atoms with Crippen molar-refractivity contribution in [1.29, 1.82) is 0 Å². The molecule has 1 saturated heterocycles. The Labute approximate surface area is 172 Å². The van der Waals surface area contributed by atoms with E-state index in [1.54, 1.807) is 18.2 Å². The SMILES string of the molecule is CC(C)=Cc1cc(=O)c2ccc(OCCN3CCOCC3)c(Cl)c2[nH]1.CCC. The number of ether oxygens (including phenoxy) is 2. The molecule has 2 heterocycles. The van der Waals surface area contributed by atoms with Crippen molar-refractivity contribution in [1.82, 2.24) is 9.88 Å². The first-order valence-electron chi connectivity index (χ1n) is 9.89. The van der Waals surface area contributed by atoms with Gasteiger partial charge in [-0.25, -0.2) is 0 Å². The lowest BCUT2D eigenvalue weighted by atomic mass is 10.1. The maximum absolute atomic E-state index is 12.3. The van der Waals surface area contributed by atoms with Crippen molar-refractivity contribution >= 4 is 28.6 Å². The van der Waals surface area contributed by atoms with Gasteiger partial charge in [-0.05, 0) is 32.1 Å². The lowest BCUT2D eigenvalue weighted by molar-refractivity contribution is 0.0322. The molecule has 6 heteroatoms. The van der Waals surface area contributed by atoms with E-state index in [-0.39, 0.29) is 5.43 Å². The zero-order valence-electron chi connectivity index (χ0n) is 17.3. The minimum absolute atomic E-state index is 0.0528. The Bertz CT molecular complexity index is 851. The Kier molecular flexibility index (Phi) is 9.03. The van der Waals surface area contributed by atoms with Crippen LogP contribution < -0.4 is 10.2 Å². The lowest BCUT2D eigenvalue weighted by Gasteiger charge is -2.26. The third-order valence-corrected chi connectivity index (χ3v) is 4.52. The Morgan fingerprint density at radius 3 is 2.61 bits per heavy atom. The van der Waals surface area contributed by atoms with E-state index < -0.39 is 0 Å². The van der Waals surface area contributed by atoms with Crippen molar-refractivity contribution in [3.05, 3.63) is 44.7 Å². The Morgan fingerprint density at radius 2 is 1.96 bits per heavy atom. The summed E-state index contributed by atoms with van der Waals surface area (Å²) in [4.78, 5) is 17.8. The Hall–Kier alpha value is -1.82. The highest BCUT2D eigenvalue weighted by Gasteiger charge is 2.13. The number of aromatic nitrogens is 1. The van der Waals surface area contributed by atoms with E-state index in [1.165, 1.54) is 6.42 Å². The maximum atomic E-state index is 12.3. The molecule has 0 atom stereocenters. The summed E-state index contributed by atoms with van der Waals surface area (Å²) in [5.74, 6) is 0.590. The number of rotatable bonds is 5. The number of halogens is 1. The van der Waals surface area contributed by atoms with Crippen LogP contribution in [0.15, 0.2) is 28.6 Å². The highest BCUT2D eigenvalue weighted by molar-refractivity contribution is 6.36. The number of hydrogen-bond donors (Lipinski definition) is 1. The molecule has 1 aromatic carbocycles. The quantitative estimate of drug-likeness (QED) is 0.779. The van der Waals surface area contributed by atoms with Crippen LogP contribution in [0.1, 0.15) is 39.8 Å². The molecule has 1 fully saturated rings. The molecule has 0 unspecified atom stereocenters. The third kappa shape index (κ3) is 6.36. The number of allylic oxidation sites excluding steroid dienone is 1. The zero-order chi connectivity index (χ0) is 20.5. The zero-order valence-corrected chi connectivity index (χ0v) is 18.1. The molecule has 0 aliphatic carbocycles. The number of benzene rings is 1. The maximum Gasteiger partial charge on any atom is 0.190 e. The van der Waals surface area contributed by atoms with Crippen LogP contribution in [0.5, 0.6) is 5.75 Å². The average molecular weight is 407 g/mol. The molecule has 0 radical (unpaired) electrons. The van der Waals surface area contributed by atoms with Crippen LogP contribution in [0.25, 0.3) is 17.0 Å². The fourth-order valence-electron chi connectivity index (χ4n) is 2.89. The molecule has 0 amide bonds. The van der Waals surface area contributed by atoms with E-state index in [1.807, 2.05) is 19.9 Å². The number of nitrogens with zero attached hydrogens (tertiary/aromatic N) is 1. The summed E-state index contributed by atoms with van der Waals surface area (Å²) >= 11 is 6.49. The van der Waals surface area contributed by atoms with Crippen LogP contribution in [-0.4, -0.2) is 49.3 Å². The summed E-state index contributed by atoms with van der Waals surface area (Å²) in [6.45, 7) is 13.0. The first-order valence-corrected chi connectivity index (χ1v) is 10.3. The van der Waals surface area contributed by atoms with Gasteiger partial charge in [0.15, 0.2) is 5.43 Å². The van der Waals surface area contributed by atoms with Gasteiger partial charge in [-0.15, -0.1) is 0 Å². The van der Waals surface area contributed by atoms with E-state index in [0.717, 1.165) is 44.1 Å². The molecule has 0 bridgehead atoms. The van der Waals surface area contributed by atoms with Crippen molar-refractivity contribution in [2.75, 3.05) is 39.5 Å². The van der Waals surface area contributed by atoms with Crippen molar-refractivity contribution in [3.8, 4) is 5.75 Å². The van der Waals surface area contributed by atoms with Crippen LogP contribution >= 0.6 is 11.6 Å². The molecule has 1 aliphatic rings. The molecule has 3 rings (SSSR count). The second-order valence-electron chi connectivity index (χ2n) is 7.12. The average Bonchev–Trinajstić information content (AvgIpc) is 2.65. The largest absolute Gasteiger partial charge is 0.491 e. The lowest BCUT2D eigenvalue weighted by Crippen LogP contribution is -2.38. The van der Waals surface area contributed by atoms with Crippen molar-refractivity contribution in [3.63, 3.8) is 0 Å². The summed E-state index contributed by atoms with van der Waals surface area (Å²) < 4.78 is 11.2. The summed E-state index contributed by atoms with van der Waals surface area (Å²) in [7, 11) is 0. The molecule has 2 aromatic rings. The molecule has 154 valence electrons. The highest BCUT2D eigenvalue weighted by Crippen LogP contribution is 2.30. The second kappa shape index (κ2) is 11.2. The van der Waals surface area contributed by atoms with Crippen LogP contribution in [0.4, 0.5) is 0 Å². The van der Waals surface area contributed by atoms with E-state index in [0.29, 0.717) is 28.3 Å². The molecule has 28 heavy (non-hydrogen) atoms. The molecule has 1 N–H and O–H groups in total. The normalized spacial score (nSPS) is 14.3. The van der Waals surface area contributed by atoms with Crippen LogP contribution in [0.2, 0.25) is 5.02 Å². The van der Waals surface area contributed by atoms with E-state index in [4.69, 9.17) is 21.1 Å². The first-order chi connectivity index (χ1) is 13.5. The first kappa shape index (κ1) is 22.5. The van der Waals surface area contributed by atoms with E-state index >= 15 is 0 Å². The third-order valence-electron chi connectivity index (χ3n) is 4.14. The van der Waals surface area contributed by atoms with Gasteiger partial charge in [0.05, 0.1) is 18.7 Å². The summed E-state index contributed by atoms with van der Waals surface area (Å²) in [6.07, 6.45) is 3.17. The van der Waals surface area contributed by atoms with Gasteiger partial charge in [0.2, 0.25) is 0 Å². The van der Waals surface area contributed by atoms with Gasteiger partial charge in [-0.3, -0.25) is 9.69 Å². The van der Waals surface area contributed by atoms with E-state index in [9.17, 15) is 4.79 Å².